The Balaban J connectivity index is 0.000000791. The number of hydrogen-bond donors (Lipinski definition) is 0. The van der Waals surface area contributed by atoms with Gasteiger partial charge in [0.2, 0.25) is 0 Å². The minimum Gasteiger partial charge on any atom is -0.543 e. The predicted octanol–water partition coefficient (Wildman–Crippen LogP) is 0.401. The van der Waals surface area contributed by atoms with Gasteiger partial charge in [-0.3, -0.25) is 9.48 Å². The molecule has 1 aromatic heterocycles. The summed E-state index contributed by atoms with van der Waals surface area (Å²) in [5.41, 5.74) is 0.753. The number of nitrogens with zero attached hydrogens (tertiary/aromatic N) is 3. The van der Waals surface area contributed by atoms with Crippen LogP contribution in [0.3, 0.4) is 0 Å². The second-order valence-electron chi connectivity index (χ2n) is 2.37. The van der Waals surface area contributed by atoms with Crippen molar-refractivity contribution in [2.75, 3.05) is 0 Å². The van der Waals surface area contributed by atoms with E-state index in [0.717, 1.165) is 5.69 Å². The maximum Gasteiger partial charge on any atom is 0.378 e. The lowest BCUT2D eigenvalue weighted by Gasteiger charge is -1.95. The summed E-state index contributed by atoms with van der Waals surface area (Å²) in [6, 6.07) is 0. The standard InChI is InChI=1S/C6H8BN3O2.C2H6/c1-10-4-5(8-9-10)2-3-6(11)12-7;1-2/h4H,2-3H2,1H3;1-2H3. The summed E-state index contributed by atoms with van der Waals surface area (Å²) in [4.78, 5) is 10.6. The van der Waals surface area contributed by atoms with Gasteiger partial charge in [0.15, 0.2) is 0 Å². The van der Waals surface area contributed by atoms with Crippen LogP contribution >= 0.6 is 0 Å². The molecule has 0 saturated carbocycles. The number of hydrogen-bond acceptors (Lipinski definition) is 4. The molecule has 0 aliphatic heterocycles. The molecule has 0 spiro atoms. The van der Waals surface area contributed by atoms with Crippen molar-refractivity contribution in [2.45, 2.75) is 26.7 Å². The summed E-state index contributed by atoms with van der Waals surface area (Å²) in [6.07, 6.45) is 2.48. The van der Waals surface area contributed by atoms with E-state index in [-0.39, 0.29) is 6.42 Å². The molecule has 14 heavy (non-hydrogen) atoms. The third-order valence-electron chi connectivity index (χ3n) is 1.37. The summed E-state index contributed by atoms with van der Waals surface area (Å²) < 4.78 is 5.56. The monoisotopic (exact) mass is 195 g/mol. The molecule has 76 valence electrons. The maximum atomic E-state index is 10.6. The van der Waals surface area contributed by atoms with Crippen molar-refractivity contribution >= 4 is 14.0 Å². The predicted molar refractivity (Wildman–Crippen MR) is 52.5 cm³/mol. The molecule has 0 atom stereocenters. The van der Waals surface area contributed by atoms with E-state index < -0.39 is 5.97 Å². The highest BCUT2D eigenvalue weighted by Gasteiger charge is 2.03. The van der Waals surface area contributed by atoms with Crippen LogP contribution in [0.5, 0.6) is 0 Å². The number of aromatic nitrogens is 3. The van der Waals surface area contributed by atoms with Crippen molar-refractivity contribution in [1.82, 2.24) is 15.0 Å². The van der Waals surface area contributed by atoms with E-state index in [4.69, 9.17) is 0 Å². The Morgan fingerprint density at radius 1 is 1.64 bits per heavy atom. The molecule has 5 nitrogen and oxygen atoms in total. The Kier molecular flexibility index (Phi) is 6.44. The second-order valence-corrected chi connectivity index (χ2v) is 2.37. The molecule has 0 unspecified atom stereocenters. The summed E-state index contributed by atoms with van der Waals surface area (Å²) >= 11 is 0. The van der Waals surface area contributed by atoms with Crippen LogP contribution in [-0.4, -0.2) is 29.0 Å². The summed E-state index contributed by atoms with van der Waals surface area (Å²) in [5, 5.41) is 7.49. The Morgan fingerprint density at radius 3 is 2.71 bits per heavy atom. The van der Waals surface area contributed by atoms with Crippen LogP contribution in [0.2, 0.25) is 0 Å². The van der Waals surface area contributed by atoms with Gasteiger partial charge in [0.05, 0.1) is 5.69 Å². The first kappa shape index (κ1) is 12.7. The Morgan fingerprint density at radius 2 is 2.29 bits per heavy atom. The molecule has 1 aromatic rings. The SMILES string of the molecule is CC.[B]OC(=O)CCc1cn(C)nn1. The van der Waals surface area contributed by atoms with E-state index in [9.17, 15) is 4.79 Å². The van der Waals surface area contributed by atoms with Gasteiger partial charge in [-0.25, -0.2) is 0 Å². The number of rotatable bonds is 3. The van der Waals surface area contributed by atoms with Crippen molar-refractivity contribution in [3.05, 3.63) is 11.9 Å². The zero-order chi connectivity index (χ0) is 11.0. The van der Waals surface area contributed by atoms with Crippen LogP contribution < -0.4 is 0 Å². The van der Waals surface area contributed by atoms with Crippen LogP contribution in [0.15, 0.2) is 6.20 Å². The van der Waals surface area contributed by atoms with E-state index in [0.29, 0.717) is 6.42 Å². The van der Waals surface area contributed by atoms with E-state index >= 15 is 0 Å². The van der Waals surface area contributed by atoms with Gasteiger partial charge in [-0.1, -0.05) is 19.1 Å². The topological polar surface area (TPSA) is 57.0 Å². The summed E-state index contributed by atoms with van der Waals surface area (Å²) in [7, 11) is 6.41. The molecule has 6 heteroatoms. The van der Waals surface area contributed by atoms with Gasteiger partial charge in [-0.2, -0.15) is 0 Å². The van der Waals surface area contributed by atoms with Crippen LogP contribution in [0, 0.1) is 0 Å². The van der Waals surface area contributed by atoms with E-state index in [1.165, 1.54) is 0 Å². The molecule has 0 aliphatic carbocycles. The molecule has 0 aliphatic rings. The van der Waals surface area contributed by atoms with Crippen molar-refractivity contribution < 1.29 is 9.45 Å². The normalized spacial score (nSPS) is 8.79. The highest BCUT2D eigenvalue weighted by Crippen LogP contribution is 1.97. The molecule has 1 heterocycles. The second kappa shape index (κ2) is 7.11. The average Bonchev–Trinajstić information content (AvgIpc) is 2.64. The Bertz CT molecular complexity index is 275. The Labute approximate surface area is 84.9 Å². The smallest absolute Gasteiger partial charge is 0.378 e. The van der Waals surface area contributed by atoms with Crippen LogP contribution in [0.25, 0.3) is 0 Å². The lowest BCUT2D eigenvalue weighted by atomic mass is 10.2. The van der Waals surface area contributed by atoms with Gasteiger partial charge in [-0.15, -0.1) is 5.10 Å². The molecule has 0 fully saturated rings. The molecule has 1 rings (SSSR count). The van der Waals surface area contributed by atoms with E-state index in [1.54, 1.807) is 17.9 Å². The van der Waals surface area contributed by atoms with Crippen LogP contribution in [0.1, 0.15) is 26.0 Å². The van der Waals surface area contributed by atoms with Crippen LogP contribution in [0.4, 0.5) is 0 Å². The number of aryl methyl sites for hydroxylation is 2. The fourth-order valence-corrected chi connectivity index (χ4v) is 0.799. The maximum absolute atomic E-state index is 10.6. The minimum absolute atomic E-state index is 0.231. The van der Waals surface area contributed by atoms with Gasteiger partial charge >= 0.3 is 8.05 Å². The highest BCUT2D eigenvalue weighted by molar-refractivity contribution is 6.05. The van der Waals surface area contributed by atoms with E-state index in [1.807, 2.05) is 13.8 Å². The third kappa shape index (κ3) is 4.64. The first-order valence-electron chi connectivity index (χ1n) is 4.47. The zero-order valence-electron chi connectivity index (χ0n) is 8.73. The van der Waals surface area contributed by atoms with Gasteiger partial charge in [0.25, 0.3) is 5.97 Å². The molecule has 0 amide bonds. The molecule has 0 saturated heterocycles. The summed E-state index contributed by atoms with van der Waals surface area (Å²) in [5.74, 6) is -0.444. The molecule has 0 aromatic carbocycles. The highest BCUT2D eigenvalue weighted by atomic mass is 16.5. The average molecular weight is 195 g/mol. The lowest BCUT2D eigenvalue weighted by molar-refractivity contribution is -0.134. The van der Waals surface area contributed by atoms with Crippen LogP contribution in [-0.2, 0) is 22.9 Å². The zero-order valence-corrected chi connectivity index (χ0v) is 8.73. The van der Waals surface area contributed by atoms with Gasteiger partial charge in [0, 0.05) is 26.1 Å². The number of carbonyl (C=O) groups is 1. The quantitative estimate of drug-likeness (QED) is 0.655. The lowest BCUT2D eigenvalue weighted by Crippen LogP contribution is -2.02. The Hall–Kier alpha value is -1.33. The summed E-state index contributed by atoms with van der Waals surface area (Å²) in [6.45, 7) is 4.00. The minimum atomic E-state index is -0.444. The van der Waals surface area contributed by atoms with Crippen molar-refractivity contribution in [2.24, 2.45) is 7.05 Å². The fourth-order valence-electron chi connectivity index (χ4n) is 0.799. The fraction of sp³-hybridized carbons (Fsp3) is 0.625. The van der Waals surface area contributed by atoms with Crippen molar-refractivity contribution in [1.29, 1.82) is 0 Å². The van der Waals surface area contributed by atoms with E-state index in [2.05, 4.69) is 23.0 Å². The number of carbonyl (C=O) groups excluding carboxylic acids is 1. The first-order chi connectivity index (χ1) is 6.72. The van der Waals surface area contributed by atoms with Gasteiger partial charge in [0.1, 0.15) is 0 Å². The molecular formula is C8H14BN3O2. The molecule has 0 bridgehead atoms. The molecular weight excluding hydrogens is 181 g/mol. The third-order valence-corrected chi connectivity index (χ3v) is 1.37. The van der Waals surface area contributed by atoms with Crippen molar-refractivity contribution in [3.63, 3.8) is 0 Å². The molecule has 0 N–H and O–H groups in total. The van der Waals surface area contributed by atoms with Crippen molar-refractivity contribution in [3.8, 4) is 0 Å². The first-order valence-corrected chi connectivity index (χ1v) is 4.47. The van der Waals surface area contributed by atoms with Gasteiger partial charge < -0.3 is 4.65 Å². The largest absolute Gasteiger partial charge is 0.543 e. The van der Waals surface area contributed by atoms with Gasteiger partial charge in [-0.05, 0) is 0 Å². The molecule has 2 radical (unpaired) electrons.